The molecule has 1 N–H and O–H groups in total. The summed E-state index contributed by atoms with van der Waals surface area (Å²) in [5.74, 6) is 2.06. The van der Waals surface area contributed by atoms with Crippen molar-refractivity contribution in [2.75, 3.05) is 7.11 Å². The highest BCUT2D eigenvalue weighted by atomic mass is 32.2. The molecule has 4 rings (SSSR count). The van der Waals surface area contributed by atoms with Gasteiger partial charge in [-0.2, -0.15) is 0 Å². The van der Waals surface area contributed by atoms with Crippen LogP contribution in [0.2, 0.25) is 0 Å². The molecular formula is C22H21N3O4S. The van der Waals surface area contributed by atoms with Crippen LogP contribution in [0.15, 0.2) is 56.8 Å². The second-order valence-corrected chi connectivity index (χ2v) is 7.72. The molecule has 2 aromatic carbocycles. The number of phenols is 1. The van der Waals surface area contributed by atoms with Gasteiger partial charge in [-0.3, -0.25) is 0 Å². The highest BCUT2D eigenvalue weighted by Crippen LogP contribution is 2.33. The summed E-state index contributed by atoms with van der Waals surface area (Å²) in [6.45, 7) is 1.97. The van der Waals surface area contributed by atoms with Crippen molar-refractivity contribution < 1.29 is 14.3 Å². The molecule has 0 spiro atoms. The number of benzene rings is 2. The molecule has 0 amide bonds. The first-order valence-electron chi connectivity index (χ1n) is 9.46. The molecule has 7 nitrogen and oxygen atoms in total. The van der Waals surface area contributed by atoms with E-state index < -0.39 is 5.63 Å². The van der Waals surface area contributed by atoms with Crippen molar-refractivity contribution in [1.82, 2.24) is 14.8 Å². The van der Waals surface area contributed by atoms with Gasteiger partial charge in [-0.15, -0.1) is 10.2 Å². The second-order valence-electron chi connectivity index (χ2n) is 6.78. The van der Waals surface area contributed by atoms with Gasteiger partial charge in [0.15, 0.2) is 11.0 Å². The lowest BCUT2D eigenvalue weighted by Gasteiger charge is -2.09. The number of hydrogen-bond donors (Lipinski definition) is 1. The fourth-order valence-electron chi connectivity index (χ4n) is 3.36. The van der Waals surface area contributed by atoms with E-state index in [4.69, 9.17) is 9.15 Å². The van der Waals surface area contributed by atoms with Gasteiger partial charge in [0.1, 0.15) is 17.1 Å². The maximum atomic E-state index is 12.0. The van der Waals surface area contributed by atoms with Crippen LogP contribution in [-0.2, 0) is 19.2 Å². The molecule has 30 heavy (non-hydrogen) atoms. The molecule has 0 unspecified atom stereocenters. The SMILES string of the molecule is CCc1cc2c(CSc3nnc(-c4ccccc4OC)n3C)cc(=O)oc2cc1O. The standard InChI is InChI=1S/C22H21N3O4S/c1-4-13-9-16-14(10-20(27)29-19(16)11-17(13)26)12-30-22-24-23-21(25(22)2)15-7-5-6-8-18(15)28-3/h5-11,26H,4,12H2,1-3H3. The van der Waals surface area contributed by atoms with E-state index in [0.717, 1.165) is 27.8 Å². The fraction of sp³-hybridized carbons (Fsp3) is 0.227. The van der Waals surface area contributed by atoms with E-state index in [-0.39, 0.29) is 5.75 Å². The number of aromatic nitrogens is 3. The Balaban J connectivity index is 1.67. The minimum atomic E-state index is -0.450. The van der Waals surface area contributed by atoms with Crippen LogP contribution in [0.5, 0.6) is 11.5 Å². The molecule has 0 aliphatic rings. The summed E-state index contributed by atoms with van der Waals surface area (Å²) >= 11 is 1.48. The average molecular weight is 423 g/mol. The van der Waals surface area contributed by atoms with E-state index in [1.807, 2.05) is 48.9 Å². The average Bonchev–Trinajstić information content (AvgIpc) is 3.11. The van der Waals surface area contributed by atoms with Gasteiger partial charge in [0.2, 0.25) is 0 Å². The lowest BCUT2D eigenvalue weighted by atomic mass is 10.1. The third kappa shape index (κ3) is 3.66. The third-order valence-corrected chi connectivity index (χ3v) is 6.02. The van der Waals surface area contributed by atoms with E-state index in [9.17, 15) is 9.90 Å². The van der Waals surface area contributed by atoms with E-state index in [0.29, 0.717) is 28.7 Å². The predicted molar refractivity (Wildman–Crippen MR) is 116 cm³/mol. The van der Waals surface area contributed by atoms with Crippen molar-refractivity contribution in [2.24, 2.45) is 7.05 Å². The third-order valence-electron chi connectivity index (χ3n) is 4.95. The minimum Gasteiger partial charge on any atom is -0.508 e. The molecule has 2 aromatic heterocycles. The van der Waals surface area contributed by atoms with Gasteiger partial charge in [0, 0.05) is 30.3 Å². The van der Waals surface area contributed by atoms with E-state index in [1.165, 1.54) is 23.9 Å². The summed E-state index contributed by atoms with van der Waals surface area (Å²) in [6.07, 6.45) is 0.680. The van der Waals surface area contributed by atoms with Gasteiger partial charge in [0.25, 0.3) is 0 Å². The molecule has 0 atom stereocenters. The van der Waals surface area contributed by atoms with Crippen molar-refractivity contribution in [1.29, 1.82) is 0 Å². The number of thioether (sulfide) groups is 1. The van der Waals surface area contributed by atoms with Gasteiger partial charge < -0.3 is 18.8 Å². The normalized spacial score (nSPS) is 11.2. The Hall–Kier alpha value is -3.26. The van der Waals surface area contributed by atoms with Crippen molar-refractivity contribution >= 4 is 22.7 Å². The largest absolute Gasteiger partial charge is 0.508 e. The Kier molecular flexibility index (Phi) is 5.50. The van der Waals surface area contributed by atoms with Gasteiger partial charge in [-0.1, -0.05) is 30.8 Å². The van der Waals surface area contributed by atoms with Gasteiger partial charge in [-0.05, 0) is 35.7 Å². The number of para-hydroxylation sites is 1. The highest BCUT2D eigenvalue weighted by Gasteiger charge is 2.16. The molecule has 0 bridgehead atoms. The molecular weight excluding hydrogens is 402 g/mol. The number of ether oxygens (including phenoxy) is 1. The summed E-state index contributed by atoms with van der Waals surface area (Å²) in [6, 6.07) is 12.5. The smallest absolute Gasteiger partial charge is 0.336 e. The topological polar surface area (TPSA) is 90.4 Å². The monoisotopic (exact) mass is 423 g/mol. The Morgan fingerprint density at radius 1 is 1.17 bits per heavy atom. The number of hydrogen-bond acceptors (Lipinski definition) is 7. The van der Waals surface area contributed by atoms with Crippen molar-refractivity contribution in [2.45, 2.75) is 24.3 Å². The molecule has 0 aliphatic carbocycles. The number of methoxy groups -OCH3 is 1. The lowest BCUT2D eigenvalue weighted by Crippen LogP contribution is -2.01. The van der Waals surface area contributed by atoms with Gasteiger partial charge in [-0.25, -0.2) is 4.79 Å². The number of aryl methyl sites for hydroxylation is 1. The summed E-state index contributed by atoms with van der Waals surface area (Å²) in [4.78, 5) is 12.0. The van der Waals surface area contributed by atoms with E-state index >= 15 is 0 Å². The molecule has 0 saturated carbocycles. The molecule has 0 aliphatic heterocycles. The van der Waals surface area contributed by atoms with Crippen molar-refractivity contribution in [3.8, 4) is 22.9 Å². The maximum Gasteiger partial charge on any atom is 0.336 e. The van der Waals surface area contributed by atoms with Crippen LogP contribution in [0.25, 0.3) is 22.4 Å². The number of nitrogens with zero attached hydrogens (tertiary/aromatic N) is 3. The summed E-state index contributed by atoms with van der Waals surface area (Å²) < 4.78 is 12.6. The molecule has 154 valence electrons. The first kappa shape index (κ1) is 20.0. The summed E-state index contributed by atoms with van der Waals surface area (Å²) in [5, 5.41) is 20.2. The molecule has 0 saturated heterocycles. The maximum absolute atomic E-state index is 12.0. The quantitative estimate of drug-likeness (QED) is 0.368. The predicted octanol–water partition coefficient (Wildman–Crippen LogP) is 4.16. The van der Waals surface area contributed by atoms with Crippen LogP contribution in [0.4, 0.5) is 0 Å². The minimum absolute atomic E-state index is 0.132. The lowest BCUT2D eigenvalue weighted by molar-refractivity contribution is 0.416. The van der Waals surface area contributed by atoms with Crippen LogP contribution < -0.4 is 10.4 Å². The van der Waals surface area contributed by atoms with Crippen LogP contribution in [0.1, 0.15) is 18.1 Å². The second kappa shape index (κ2) is 8.23. The Morgan fingerprint density at radius 3 is 2.73 bits per heavy atom. The number of aromatic hydroxyl groups is 1. The summed E-state index contributed by atoms with van der Waals surface area (Å²) in [5.41, 5.74) is 2.41. The van der Waals surface area contributed by atoms with Gasteiger partial charge in [0.05, 0.1) is 12.7 Å². The van der Waals surface area contributed by atoms with Crippen molar-refractivity contribution in [3.05, 3.63) is 64.0 Å². The van der Waals surface area contributed by atoms with Crippen molar-refractivity contribution in [3.63, 3.8) is 0 Å². The zero-order chi connectivity index (χ0) is 21.3. The Labute approximate surface area is 177 Å². The van der Waals surface area contributed by atoms with E-state index in [1.54, 1.807) is 7.11 Å². The highest BCUT2D eigenvalue weighted by molar-refractivity contribution is 7.98. The van der Waals surface area contributed by atoms with Crippen LogP contribution >= 0.6 is 11.8 Å². The van der Waals surface area contributed by atoms with Crippen LogP contribution in [0, 0.1) is 0 Å². The zero-order valence-corrected chi connectivity index (χ0v) is 17.7. The number of phenolic OH excluding ortho intramolecular Hbond substituents is 1. The molecule has 0 fully saturated rings. The van der Waals surface area contributed by atoms with Gasteiger partial charge >= 0.3 is 5.63 Å². The fourth-order valence-corrected chi connectivity index (χ4v) is 4.26. The molecule has 2 heterocycles. The zero-order valence-electron chi connectivity index (χ0n) is 16.9. The first-order valence-corrected chi connectivity index (χ1v) is 10.4. The first-order chi connectivity index (χ1) is 14.5. The summed E-state index contributed by atoms with van der Waals surface area (Å²) in [7, 11) is 3.52. The van der Waals surface area contributed by atoms with Crippen LogP contribution in [0.3, 0.4) is 0 Å². The Morgan fingerprint density at radius 2 is 1.97 bits per heavy atom. The molecule has 4 aromatic rings. The Bertz CT molecular complexity index is 1280. The number of rotatable bonds is 6. The molecule has 0 radical (unpaired) electrons. The van der Waals surface area contributed by atoms with E-state index in [2.05, 4.69) is 10.2 Å². The molecule has 8 heteroatoms. The number of fused-ring (bicyclic) bond motifs is 1. The van der Waals surface area contributed by atoms with Crippen LogP contribution in [-0.4, -0.2) is 27.0 Å².